The van der Waals surface area contributed by atoms with E-state index in [-0.39, 0.29) is 5.92 Å². The van der Waals surface area contributed by atoms with Crippen LogP contribution in [-0.4, -0.2) is 28.8 Å². The third-order valence-electron chi connectivity index (χ3n) is 3.69. The van der Waals surface area contributed by atoms with E-state index in [1.54, 1.807) is 20.8 Å². The SMILES string of the molecule is CC(C)(C)OC(=O)NC(CC1Cc2ccccc2C1)C(=O)O. The molecule has 1 unspecified atom stereocenters. The molecule has 0 aliphatic heterocycles. The van der Waals surface area contributed by atoms with Crippen LogP contribution in [0.4, 0.5) is 4.79 Å². The van der Waals surface area contributed by atoms with Gasteiger partial charge >= 0.3 is 12.1 Å². The lowest BCUT2D eigenvalue weighted by Crippen LogP contribution is -2.44. The van der Waals surface area contributed by atoms with Crippen molar-refractivity contribution in [1.29, 1.82) is 0 Å². The number of alkyl carbamates (subject to hydrolysis) is 1. The van der Waals surface area contributed by atoms with Gasteiger partial charge in [0, 0.05) is 0 Å². The molecule has 1 aliphatic carbocycles. The zero-order valence-electron chi connectivity index (χ0n) is 13.3. The highest BCUT2D eigenvalue weighted by molar-refractivity contribution is 5.80. The number of nitrogens with one attached hydrogen (secondary N) is 1. The predicted molar refractivity (Wildman–Crippen MR) is 82.8 cm³/mol. The molecule has 5 heteroatoms. The molecule has 2 N–H and O–H groups in total. The second kappa shape index (κ2) is 6.38. The number of ether oxygens (including phenoxy) is 1. The molecule has 1 aliphatic rings. The second-order valence-electron chi connectivity index (χ2n) is 6.82. The van der Waals surface area contributed by atoms with Crippen LogP contribution in [0.1, 0.15) is 38.3 Å². The first kappa shape index (κ1) is 16.3. The van der Waals surface area contributed by atoms with Crippen molar-refractivity contribution in [2.24, 2.45) is 5.92 Å². The van der Waals surface area contributed by atoms with Gasteiger partial charge in [0.1, 0.15) is 11.6 Å². The minimum atomic E-state index is -1.03. The van der Waals surface area contributed by atoms with Crippen molar-refractivity contribution in [2.45, 2.75) is 51.7 Å². The number of benzene rings is 1. The summed E-state index contributed by atoms with van der Waals surface area (Å²) in [4.78, 5) is 23.2. The van der Waals surface area contributed by atoms with Crippen LogP contribution in [0.15, 0.2) is 24.3 Å². The van der Waals surface area contributed by atoms with E-state index < -0.39 is 23.7 Å². The zero-order chi connectivity index (χ0) is 16.3. The Kier molecular flexibility index (Phi) is 4.74. The van der Waals surface area contributed by atoms with Crippen LogP contribution >= 0.6 is 0 Å². The van der Waals surface area contributed by atoms with Crippen LogP contribution in [0.2, 0.25) is 0 Å². The fraction of sp³-hybridized carbons (Fsp3) is 0.529. The minimum Gasteiger partial charge on any atom is -0.480 e. The Morgan fingerprint density at radius 1 is 1.27 bits per heavy atom. The number of carbonyl (C=O) groups is 2. The van der Waals surface area contributed by atoms with E-state index in [2.05, 4.69) is 17.4 Å². The third-order valence-corrected chi connectivity index (χ3v) is 3.69. The predicted octanol–water partition coefficient (Wildman–Crippen LogP) is 2.77. The van der Waals surface area contributed by atoms with E-state index in [0.29, 0.717) is 6.42 Å². The quantitative estimate of drug-likeness (QED) is 0.897. The minimum absolute atomic E-state index is 0.230. The molecule has 0 fully saturated rings. The van der Waals surface area contributed by atoms with Crippen molar-refractivity contribution < 1.29 is 19.4 Å². The number of hydrogen-bond donors (Lipinski definition) is 2. The van der Waals surface area contributed by atoms with Gasteiger partial charge in [0.15, 0.2) is 0 Å². The second-order valence-corrected chi connectivity index (χ2v) is 6.82. The average molecular weight is 305 g/mol. The molecule has 0 saturated carbocycles. The Balaban J connectivity index is 1.94. The highest BCUT2D eigenvalue weighted by Crippen LogP contribution is 2.29. The summed E-state index contributed by atoms with van der Waals surface area (Å²) in [7, 11) is 0. The van der Waals surface area contributed by atoms with E-state index in [4.69, 9.17) is 4.74 Å². The van der Waals surface area contributed by atoms with Crippen molar-refractivity contribution in [3.05, 3.63) is 35.4 Å². The van der Waals surface area contributed by atoms with Crippen LogP contribution < -0.4 is 5.32 Å². The van der Waals surface area contributed by atoms with Gasteiger partial charge in [-0.05, 0) is 57.1 Å². The van der Waals surface area contributed by atoms with Crippen LogP contribution in [0.5, 0.6) is 0 Å². The van der Waals surface area contributed by atoms with Crippen molar-refractivity contribution in [1.82, 2.24) is 5.32 Å². The molecule has 5 nitrogen and oxygen atoms in total. The van der Waals surface area contributed by atoms with Gasteiger partial charge in [-0.3, -0.25) is 0 Å². The topological polar surface area (TPSA) is 75.6 Å². The van der Waals surface area contributed by atoms with E-state index in [1.165, 1.54) is 11.1 Å². The van der Waals surface area contributed by atoms with Crippen molar-refractivity contribution in [3.63, 3.8) is 0 Å². The lowest BCUT2D eigenvalue weighted by atomic mass is 9.97. The Hall–Kier alpha value is -2.04. The fourth-order valence-electron chi connectivity index (χ4n) is 2.82. The smallest absolute Gasteiger partial charge is 0.408 e. The van der Waals surface area contributed by atoms with Gasteiger partial charge in [0.25, 0.3) is 0 Å². The van der Waals surface area contributed by atoms with Crippen molar-refractivity contribution in [3.8, 4) is 0 Å². The van der Waals surface area contributed by atoms with Gasteiger partial charge in [0.05, 0.1) is 0 Å². The summed E-state index contributed by atoms with van der Waals surface area (Å²) in [6.07, 6.45) is 1.44. The molecular weight excluding hydrogens is 282 g/mol. The maximum Gasteiger partial charge on any atom is 0.408 e. The van der Waals surface area contributed by atoms with Gasteiger partial charge in [-0.1, -0.05) is 24.3 Å². The monoisotopic (exact) mass is 305 g/mol. The number of fused-ring (bicyclic) bond motifs is 1. The third kappa shape index (κ3) is 4.48. The molecule has 0 bridgehead atoms. The lowest BCUT2D eigenvalue weighted by Gasteiger charge is -2.23. The molecule has 22 heavy (non-hydrogen) atoms. The summed E-state index contributed by atoms with van der Waals surface area (Å²) < 4.78 is 5.13. The zero-order valence-corrected chi connectivity index (χ0v) is 13.3. The summed E-state index contributed by atoms with van der Waals surface area (Å²) in [5.74, 6) is -0.796. The molecule has 1 aromatic rings. The van der Waals surface area contributed by atoms with Gasteiger partial charge in [-0.25, -0.2) is 9.59 Å². The summed E-state index contributed by atoms with van der Waals surface area (Å²) >= 11 is 0. The maximum absolute atomic E-state index is 11.8. The van der Waals surface area contributed by atoms with Gasteiger partial charge in [-0.2, -0.15) is 0 Å². The molecular formula is C17H23NO4. The van der Waals surface area contributed by atoms with Gasteiger partial charge in [0.2, 0.25) is 0 Å². The number of amides is 1. The normalized spacial score (nSPS) is 16.0. The van der Waals surface area contributed by atoms with E-state index >= 15 is 0 Å². The Morgan fingerprint density at radius 2 is 1.82 bits per heavy atom. The largest absolute Gasteiger partial charge is 0.480 e. The molecule has 1 atom stereocenters. The number of carbonyl (C=O) groups excluding carboxylic acids is 1. The first-order chi connectivity index (χ1) is 10.2. The molecule has 1 amide bonds. The summed E-state index contributed by atoms with van der Waals surface area (Å²) in [5.41, 5.74) is 1.90. The first-order valence-corrected chi connectivity index (χ1v) is 7.53. The Morgan fingerprint density at radius 3 is 2.27 bits per heavy atom. The molecule has 120 valence electrons. The summed E-state index contributed by atoms with van der Waals surface area (Å²) in [6, 6.07) is 7.22. The number of rotatable bonds is 4. The highest BCUT2D eigenvalue weighted by Gasteiger charge is 2.29. The standard InChI is InChI=1S/C17H23NO4/c1-17(2,3)22-16(21)18-14(15(19)20)10-11-8-12-6-4-5-7-13(12)9-11/h4-7,11,14H,8-10H2,1-3H3,(H,18,21)(H,19,20). The molecule has 0 radical (unpaired) electrons. The number of hydrogen-bond acceptors (Lipinski definition) is 3. The molecule has 0 spiro atoms. The Bertz CT molecular complexity index is 537. The molecule has 0 aromatic heterocycles. The number of carboxylic acids is 1. The first-order valence-electron chi connectivity index (χ1n) is 7.53. The van der Waals surface area contributed by atoms with Gasteiger partial charge < -0.3 is 15.2 Å². The lowest BCUT2D eigenvalue weighted by molar-refractivity contribution is -0.140. The average Bonchev–Trinajstić information content (AvgIpc) is 2.77. The Labute approximate surface area is 130 Å². The van der Waals surface area contributed by atoms with Crippen molar-refractivity contribution in [2.75, 3.05) is 0 Å². The molecule has 1 aromatic carbocycles. The molecule has 2 rings (SSSR count). The van der Waals surface area contributed by atoms with Crippen LogP contribution in [-0.2, 0) is 22.4 Å². The molecule has 0 heterocycles. The fourth-order valence-corrected chi connectivity index (χ4v) is 2.82. The van der Waals surface area contributed by atoms with Crippen LogP contribution in [0.25, 0.3) is 0 Å². The van der Waals surface area contributed by atoms with Gasteiger partial charge in [-0.15, -0.1) is 0 Å². The highest BCUT2D eigenvalue weighted by atomic mass is 16.6. The van der Waals surface area contributed by atoms with E-state index in [9.17, 15) is 14.7 Å². The summed E-state index contributed by atoms with van der Waals surface area (Å²) in [6.45, 7) is 5.24. The van der Waals surface area contributed by atoms with Crippen LogP contribution in [0.3, 0.4) is 0 Å². The van der Waals surface area contributed by atoms with Crippen molar-refractivity contribution >= 4 is 12.1 Å². The van der Waals surface area contributed by atoms with E-state index in [1.807, 2.05) is 12.1 Å². The number of carboxylic acid groups (broad SMARTS) is 1. The molecule has 0 saturated heterocycles. The van der Waals surface area contributed by atoms with E-state index in [0.717, 1.165) is 12.8 Å². The van der Waals surface area contributed by atoms with Crippen LogP contribution in [0, 0.1) is 5.92 Å². The number of aliphatic carboxylic acids is 1. The summed E-state index contributed by atoms with van der Waals surface area (Å²) in [5, 5.41) is 11.8. The maximum atomic E-state index is 11.8.